The first-order valence-corrected chi connectivity index (χ1v) is 17.8. The Morgan fingerprint density at radius 1 is 0.887 bits per heavy atom. The van der Waals surface area contributed by atoms with E-state index >= 15 is 0 Å². The molecule has 2 saturated heterocycles. The van der Waals surface area contributed by atoms with Crippen molar-refractivity contribution in [3.8, 4) is 11.5 Å². The van der Waals surface area contributed by atoms with Crippen molar-refractivity contribution >= 4 is 35.1 Å². The van der Waals surface area contributed by atoms with E-state index in [0.717, 1.165) is 53.4 Å². The average molecular weight is 714 g/mol. The second-order valence-electron chi connectivity index (χ2n) is 15.1. The SMILES string of the molecule is CC(=O)c1nccc(COc2ccc(C(C)(C)c3ccc(OC4CC5(C4)CN(c4ccc6c(c4)C(=O)N(C4CCC(=O)NC4=O)C6=O)C5)cc3)cc2)n1. The number of carbonyl (C=O) groups excluding carboxylic acids is 5. The number of fused-ring (bicyclic) bond motifs is 1. The summed E-state index contributed by atoms with van der Waals surface area (Å²) in [6.45, 7) is 7.72. The van der Waals surface area contributed by atoms with Gasteiger partial charge in [0.05, 0.1) is 16.8 Å². The van der Waals surface area contributed by atoms with Crippen LogP contribution in [0.15, 0.2) is 79.0 Å². The molecule has 12 nitrogen and oxygen atoms in total. The van der Waals surface area contributed by atoms with Gasteiger partial charge >= 0.3 is 0 Å². The Hall–Kier alpha value is -5.91. The van der Waals surface area contributed by atoms with Gasteiger partial charge in [0.1, 0.15) is 30.3 Å². The topological polar surface area (TPSA) is 148 Å². The number of nitrogens with one attached hydrogen (secondary N) is 1. The molecule has 0 radical (unpaired) electrons. The van der Waals surface area contributed by atoms with Crippen LogP contribution in [0.25, 0.3) is 0 Å². The molecule has 3 fully saturated rings. The lowest BCUT2D eigenvalue weighted by Gasteiger charge is -2.59. The summed E-state index contributed by atoms with van der Waals surface area (Å²) in [6, 6.07) is 22.3. The number of piperidine rings is 1. The number of ketones is 1. The maximum absolute atomic E-state index is 13.3. The van der Waals surface area contributed by atoms with Crippen LogP contribution in [0.2, 0.25) is 0 Å². The quantitative estimate of drug-likeness (QED) is 0.175. The van der Waals surface area contributed by atoms with Gasteiger partial charge in [-0.05, 0) is 78.9 Å². The molecule has 1 N–H and O–H groups in total. The molecule has 1 spiro atoms. The summed E-state index contributed by atoms with van der Waals surface area (Å²) in [7, 11) is 0. The zero-order valence-corrected chi connectivity index (χ0v) is 29.8. The largest absolute Gasteiger partial charge is 0.490 e. The Balaban J connectivity index is 0.826. The van der Waals surface area contributed by atoms with Crippen molar-refractivity contribution in [3.05, 3.63) is 113 Å². The fourth-order valence-electron chi connectivity index (χ4n) is 7.93. The molecule has 270 valence electrons. The fraction of sp³-hybridized carbons (Fsp3) is 0.341. The van der Waals surface area contributed by atoms with Crippen LogP contribution >= 0.6 is 0 Å². The van der Waals surface area contributed by atoms with Crippen molar-refractivity contribution in [2.75, 3.05) is 18.0 Å². The number of imide groups is 2. The number of anilines is 1. The molecule has 12 heteroatoms. The van der Waals surface area contributed by atoms with Gasteiger partial charge in [0, 0.05) is 49.1 Å². The lowest BCUT2D eigenvalue weighted by atomic mass is 9.61. The van der Waals surface area contributed by atoms with Crippen LogP contribution < -0.4 is 19.7 Å². The van der Waals surface area contributed by atoms with Crippen LogP contribution in [0.5, 0.6) is 11.5 Å². The standard InChI is InChI=1S/C41H39N5O7/c1-24(47)36-42-17-16-27(43-36)21-52-29-9-4-25(5-10-29)40(2,3)26-6-11-30(12-7-26)53-31-19-41(20-31)22-45(23-41)28-8-13-32-33(18-28)39(51)46(38(32)50)34-14-15-35(48)44-37(34)49/h4-13,16-18,31,34H,14-15,19-23H2,1-3H3,(H,44,48,49). The average Bonchev–Trinajstić information content (AvgIpc) is 3.36. The highest BCUT2D eigenvalue weighted by atomic mass is 16.5. The number of rotatable bonds is 10. The van der Waals surface area contributed by atoms with Gasteiger partial charge in [-0.3, -0.25) is 34.2 Å². The van der Waals surface area contributed by atoms with E-state index < -0.39 is 29.7 Å². The van der Waals surface area contributed by atoms with E-state index in [2.05, 4.69) is 58.3 Å². The van der Waals surface area contributed by atoms with Crippen LogP contribution in [-0.2, 0) is 21.6 Å². The Morgan fingerprint density at radius 2 is 1.55 bits per heavy atom. The van der Waals surface area contributed by atoms with Crippen molar-refractivity contribution in [2.24, 2.45) is 5.41 Å². The molecule has 8 rings (SSSR count). The molecule has 4 heterocycles. The lowest BCUT2D eigenvalue weighted by Crippen LogP contribution is -2.64. The van der Waals surface area contributed by atoms with Crippen molar-refractivity contribution in [1.82, 2.24) is 20.2 Å². The van der Waals surface area contributed by atoms with Crippen molar-refractivity contribution < 1.29 is 33.4 Å². The maximum Gasteiger partial charge on any atom is 0.262 e. The third-order valence-electron chi connectivity index (χ3n) is 11.0. The zero-order chi connectivity index (χ0) is 37.1. The number of nitrogens with zero attached hydrogens (tertiary/aromatic N) is 4. The second kappa shape index (κ2) is 12.9. The Kier molecular flexibility index (Phi) is 8.35. The van der Waals surface area contributed by atoms with Gasteiger partial charge in [0.2, 0.25) is 11.8 Å². The summed E-state index contributed by atoms with van der Waals surface area (Å²) < 4.78 is 12.3. The van der Waals surface area contributed by atoms with Gasteiger partial charge in [-0.25, -0.2) is 9.97 Å². The number of Topliss-reactive ketones (excluding diaryl/α,β-unsaturated/α-hetero) is 1. The molecule has 1 atom stereocenters. The Bertz CT molecular complexity index is 2150. The van der Waals surface area contributed by atoms with E-state index in [0.29, 0.717) is 17.0 Å². The summed E-state index contributed by atoms with van der Waals surface area (Å²) in [5.41, 5.74) is 4.30. The van der Waals surface area contributed by atoms with E-state index in [-0.39, 0.29) is 53.6 Å². The molecule has 53 heavy (non-hydrogen) atoms. The monoisotopic (exact) mass is 713 g/mol. The van der Waals surface area contributed by atoms with E-state index in [4.69, 9.17) is 9.47 Å². The first-order chi connectivity index (χ1) is 25.4. The molecule has 1 unspecified atom stereocenters. The van der Waals surface area contributed by atoms with Gasteiger partial charge in [0.15, 0.2) is 11.6 Å². The minimum absolute atomic E-state index is 0.0892. The molecule has 1 saturated carbocycles. The summed E-state index contributed by atoms with van der Waals surface area (Å²) in [6.07, 6.45) is 3.78. The minimum Gasteiger partial charge on any atom is -0.490 e. The maximum atomic E-state index is 13.3. The molecular weight excluding hydrogens is 674 g/mol. The van der Waals surface area contributed by atoms with E-state index in [1.807, 2.05) is 30.3 Å². The van der Waals surface area contributed by atoms with Gasteiger partial charge < -0.3 is 14.4 Å². The predicted octanol–water partition coefficient (Wildman–Crippen LogP) is 5.03. The van der Waals surface area contributed by atoms with Gasteiger partial charge in [-0.2, -0.15) is 0 Å². The number of hydrogen-bond donors (Lipinski definition) is 1. The van der Waals surface area contributed by atoms with Crippen LogP contribution in [0.4, 0.5) is 5.69 Å². The summed E-state index contributed by atoms with van der Waals surface area (Å²) >= 11 is 0. The fourth-order valence-corrected chi connectivity index (χ4v) is 7.93. The molecule has 4 aromatic rings. The number of hydrogen-bond acceptors (Lipinski definition) is 10. The number of carbonyl (C=O) groups is 5. The predicted molar refractivity (Wildman–Crippen MR) is 193 cm³/mol. The number of amides is 4. The highest BCUT2D eigenvalue weighted by molar-refractivity contribution is 6.23. The summed E-state index contributed by atoms with van der Waals surface area (Å²) in [5.74, 6) is -0.454. The summed E-state index contributed by atoms with van der Waals surface area (Å²) in [5, 5.41) is 2.23. The van der Waals surface area contributed by atoms with Crippen molar-refractivity contribution in [1.29, 1.82) is 0 Å². The Morgan fingerprint density at radius 3 is 2.21 bits per heavy atom. The molecular formula is C41H39N5O7. The zero-order valence-electron chi connectivity index (χ0n) is 29.8. The lowest BCUT2D eigenvalue weighted by molar-refractivity contribution is -0.136. The Labute approximate surface area is 306 Å². The normalized spacial score (nSPS) is 19.4. The smallest absolute Gasteiger partial charge is 0.262 e. The van der Waals surface area contributed by atoms with Gasteiger partial charge in [-0.15, -0.1) is 0 Å². The highest BCUT2D eigenvalue weighted by Crippen LogP contribution is 2.51. The van der Waals surface area contributed by atoms with Gasteiger partial charge in [-0.1, -0.05) is 38.1 Å². The second-order valence-corrected chi connectivity index (χ2v) is 15.1. The number of ether oxygens (including phenoxy) is 2. The van der Waals surface area contributed by atoms with Crippen molar-refractivity contribution in [2.45, 2.75) is 70.6 Å². The third-order valence-corrected chi connectivity index (χ3v) is 11.0. The van der Waals surface area contributed by atoms with Gasteiger partial charge in [0.25, 0.3) is 11.8 Å². The van der Waals surface area contributed by atoms with Crippen LogP contribution in [0.1, 0.15) is 94.6 Å². The van der Waals surface area contributed by atoms with Crippen molar-refractivity contribution in [3.63, 3.8) is 0 Å². The first kappa shape index (κ1) is 34.2. The van der Waals surface area contributed by atoms with E-state index in [1.165, 1.54) is 6.92 Å². The molecule has 0 bridgehead atoms. The van der Waals surface area contributed by atoms with Crippen LogP contribution in [0.3, 0.4) is 0 Å². The van der Waals surface area contributed by atoms with Crippen LogP contribution in [0, 0.1) is 5.41 Å². The van der Waals surface area contributed by atoms with Crippen LogP contribution in [-0.4, -0.2) is 69.5 Å². The molecule has 4 amide bonds. The highest BCUT2D eigenvalue weighted by Gasteiger charge is 2.54. The molecule has 3 aromatic carbocycles. The molecule has 1 aliphatic carbocycles. The molecule has 3 aliphatic heterocycles. The summed E-state index contributed by atoms with van der Waals surface area (Å²) in [4.78, 5) is 73.3. The molecule has 4 aliphatic rings. The number of aromatic nitrogens is 2. The van der Waals surface area contributed by atoms with E-state index in [9.17, 15) is 24.0 Å². The third kappa shape index (κ3) is 6.32. The molecule has 1 aromatic heterocycles. The minimum atomic E-state index is -0.975. The first-order valence-electron chi connectivity index (χ1n) is 17.8. The van der Waals surface area contributed by atoms with E-state index in [1.54, 1.807) is 24.4 Å². The number of benzene rings is 3.